The zero-order valence-corrected chi connectivity index (χ0v) is 9.50. The zero-order valence-electron chi connectivity index (χ0n) is 8.75. The third-order valence-corrected chi connectivity index (χ3v) is 3.12. The van der Waals surface area contributed by atoms with Crippen molar-refractivity contribution in [3.05, 3.63) is 22.8 Å². The van der Waals surface area contributed by atoms with E-state index in [0.717, 1.165) is 24.6 Å². The predicted octanol–water partition coefficient (Wildman–Crippen LogP) is 2.18. The summed E-state index contributed by atoms with van der Waals surface area (Å²) in [6, 6.07) is 3.87. The summed E-state index contributed by atoms with van der Waals surface area (Å²) < 4.78 is 0. The molecule has 1 saturated heterocycles. The molecule has 2 rings (SSSR count). The number of nitrogens with two attached hydrogens (primary N) is 1. The molecular weight excluding hydrogens is 210 g/mol. The Morgan fingerprint density at radius 1 is 1.27 bits per heavy atom. The van der Waals surface area contributed by atoms with E-state index in [1.807, 2.05) is 12.1 Å². The number of nitrogens with zero attached hydrogens (tertiary/aromatic N) is 2. The highest BCUT2D eigenvalue weighted by Crippen LogP contribution is 2.21. The molecule has 3 nitrogen and oxygen atoms in total. The smallest absolute Gasteiger partial charge is 0.128 e. The number of aromatic nitrogens is 1. The first-order valence-electron chi connectivity index (χ1n) is 5.41. The fourth-order valence-electron chi connectivity index (χ4n) is 1.92. The second-order valence-electron chi connectivity index (χ2n) is 3.85. The first-order chi connectivity index (χ1) is 7.31. The molecule has 1 fully saturated rings. The Morgan fingerprint density at radius 2 is 2.00 bits per heavy atom. The molecular formula is C11H16ClN3. The Balaban J connectivity index is 2.20. The van der Waals surface area contributed by atoms with Crippen LogP contribution in [0.4, 0.5) is 5.82 Å². The maximum Gasteiger partial charge on any atom is 0.128 e. The van der Waals surface area contributed by atoms with Gasteiger partial charge in [0.15, 0.2) is 0 Å². The molecule has 0 radical (unpaired) electrons. The van der Waals surface area contributed by atoms with E-state index in [-0.39, 0.29) is 0 Å². The van der Waals surface area contributed by atoms with Crippen LogP contribution in [-0.4, -0.2) is 18.1 Å². The maximum atomic E-state index is 5.97. The molecule has 1 aliphatic heterocycles. The summed E-state index contributed by atoms with van der Waals surface area (Å²) in [7, 11) is 0. The monoisotopic (exact) mass is 225 g/mol. The maximum absolute atomic E-state index is 5.97. The summed E-state index contributed by atoms with van der Waals surface area (Å²) in [5, 5.41) is 0.665. The van der Waals surface area contributed by atoms with Crippen LogP contribution in [0.1, 0.15) is 25.0 Å². The Kier molecular flexibility index (Phi) is 3.44. The average molecular weight is 226 g/mol. The molecule has 0 saturated carbocycles. The number of piperidine rings is 1. The Morgan fingerprint density at radius 3 is 2.67 bits per heavy atom. The van der Waals surface area contributed by atoms with Crippen molar-refractivity contribution in [3.63, 3.8) is 0 Å². The summed E-state index contributed by atoms with van der Waals surface area (Å²) in [4.78, 5) is 6.79. The van der Waals surface area contributed by atoms with Gasteiger partial charge in [0.2, 0.25) is 0 Å². The van der Waals surface area contributed by atoms with Crippen molar-refractivity contribution in [1.29, 1.82) is 0 Å². The van der Waals surface area contributed by atoms with Crippen molar-refractivity contribution in [3.8, 4) is 0 Å². The Bertz CT molecular complexity index is 335. The lowest BCUT2D eigenvalue weighted by atomic mass is 10.1. The van der Waals surface area contributed by atoms with Crippen molar-refractivity contribution in [2.45, 2.75) is 25.8 Å². The fraction of sp³-hybridized carbons (Fsp3) is 0.545. The largest absolute Gasteiger partial charge is 0.357 e. The predicted molar refractivity (Wildman–Crippen MR) is 63.2 cm³/mol. The lowest BCUT2D eigenvalue weighted by molar-refractivity contribution is 0.573. The molecule has 1 aromatic heterocycles. The fourth-order valence-corrected chi connectivity index (χ4v) is 2.10. The van der Waals surface area contributed by atoms with Gasteiger partial charge in [-0.1, -0.05) is 11.6 Å². The van der Waals surface area contributed by atoms with Crippen LogP contribution < -0.4 is 10.6 Å². The van der Waals surface area contributed by atoms with Gasteiger partial charge in [-0.15, -0.1) is 0 Å². The van der Waals surface area contributed by atoms with Gasteiger partial charge in [0.05, 0.1) is 10.7 Å². The van der Waals surface area contributed by atoms with Gasteiger partial charge < -0.3 is 10.6 Å². The molecule has 0 aromatic carbocycles. The molecule has 15 heavy (non-hydrogen) atoms. The van der Waals surface area contributed by atoms with Gasteiger partial charge in [-0.25, -0.2) is 4.98 Å². The normalized spacial score (nSPS) is 16.8. The molecule has 0 aliphatic carbocycles. The minimum atomic E-state index is 0.403. The van der Waals surface area contributed by atoms with Crippen LogP contribution in [0.15, 0.2) is 12.1 Å². The summed E-state index contributed by atoms with van der Waals surface area (Å²) >= 11 is 5.97. The van der Waals surface area contributed by atoms with E-state index in [9.17, 15) is 0 Å². The van der Waals surface area contributed by atoms with Gasteiger partial charge in [-0.05, 0) is 31.4 Å². The van der Waals surface area contributed by atoms with Gasteiger partial charge in [0.25, 0.3) is 0 Å². The van der Waals surface area contributed by atoms with Crippen LogP contribution in [-0.2, 0) is 6.54 Å². The Labute approximate surface area is 95.2 Å². The van der Waals surface area contributed by atoms with Gasteiger partial charge in [-0.2, -0.15) is 0 Å². The first-order valence-corrected chi connectivity index (χ1v) is 5.79. The van der Waals surface area contributed by atoms with Crippen molar-refractivity contribution < 1.29 is 0 Å². The van der Waals surface area contributed by atoms with E-state index in [4.69, 9.17) is 17.3 Å². The molecule has 0 spiro atoms. The zero-order chi connectivity index (χ0) is 10.7. The molecule has 0 amide bonds. The molecule has 1 aliphatic rings. The number of anilines is 1. The summed E-state index contributed by atoms with van der Waals surface area (Å²) in [6.45, 7) is 2.60. The van der Waals surface area contributed by atoms with E-state index < -0.39 is 0 Å². The van der Waals surface area contributed by atoms with E-state index in [2.05, 4.69) is 9.88 Å². The second kappa shape index (κ2) is 4.81. The van der Waals surface area contributed by atoms with Crippen molar-refractivity contribution in [2.24, 2.45) is 5.73 Å². The number of rotatable bonds is 2. The lowest BCUT2D eigenvalue weighted by Crippen LogP contribution is -2.30. The summed E-state index contributed by atoms with van der Waals surface area (Å²) in [5.74, 6) is 1.01. The standard InChI is InChI=1S/C11H16ClN3/c12-9-4-5-11(14-10(9)8-13)15-6-2-1-3-7-15/h4-5H,1-3,6-8,13H2. The van der Waals surface area contributed by atoms with Crippen LogP contribution in [0.5, 0.6) is 0 Å². The molecule has 1 aromatic rings. The van der Waals surface area contributed by atoms with E-state index in [0.29, 0.717) is 11.6 Å². The lowest BCUT2D eigenvalue weighted by Gasteiger charge is -2.28. The van der Waals surface area contributed by atoms with E-state index in [1.54, 1.807) is 0 Å². The molecule has 0 unspecified atom stereocenters. The van der Waals surface area contributed by atoms with E-state index in [1.165, 1.54) is 19.3 Å². The van der Waals surface area contributed by atoms with Crippen LogP contribution in [0.25, 0.3) is 0 Å². The van der Waals surface area contributed by atoms with Gasteiger partial charge >= 0.3 is 0 Å². The highest BCUT2D eigenvalue weighted by atomic mass is 35.5. The topological polar surface area (TPSA) is 42.1 Å². The van der Waals surface area contributed by atoms with Crippen LogP contribution >= 0.6 is 11.6 Å². The number of hydrogen-bond donors (Lipinski definition) is 1. The third kappa shape index (κ3) is 2.41. The van der Waals surface area contributed by atoms with Crippen molar-refractivity contribution >= 4 is 17.4 Å². The number of pyridine rings is 1. The Hall–Kier alpha value is -0.800. The molecule has 0 atom stereocenters. The summed E-state index contributed by atoms with van der Waals surface area (Å²) in [5.41, 5.74) is 6.38. The van der Waals surface area contributed by atoms with Gasteiger partial charge in [-0.3, -0.25) is 0 Å². The van der Waals surface area contributed by atoms with Crippen molar-refractivity contribution in [2.75, 3.05) is 18.0 Å². The van der Waals surface area contributed by atoms with Crippen LogP contribution in [0, 0.1) is 0 Å². The third-order valence-electron chi connectivity index (χ3n) is 2.78. The number of halogens is 1. The number of hydrogen-bond acceptors (Lipinski definition) is 3. The highest BCUT2D eigenvalue weighted by molar-refractivity contribution is 6.31. The van der Waals surface area contributed by atoms with Crippen LogP contribution in [0.2, 0.25) is 5.02 Å². The molecule has 2 N–H and O–H groups in total. The molecule has 4 heteroatoms. The van der Waals surface area contributed by atoms with Gasteiger partial charge in [0.1, 0.15) is 5.82 Å². The quantitative estimate of drug-likeness (QED) is 0.839. The molecule has 0 bridgehead atoms. The SMILES string of the molecule is NCc1nc(N2CCCCC2)ccc1Cl. The van der Waals surface area contributed by atoms with Crippen molar-refractivity contribution in [1.82, 2.24) is 4.98 Å². The van der Waals surface area contributed by atoms with E-state index >= 15 is 0 Å². The van der Waals surface area contributed by atoms with Gasteiger partial charge in [0, 0.05) is 19.6 Å². The summed E-state index contributed by atoms with van der Waals surface area (Å²) in [6.07, 6.45) is 3.83. The minimum absolute atomic E-state index is 0.403. The highest BCUT2D eigenvalue weighted by Gasteiger charge is 2.13. The molecule has 82 valence electrons. The van der Waals surface area contributed by atoms with Crippen LogP contribution in [0.3, 0.4) is 0 Å². The first kappa shape index (κ1) is 10.7. The minimum Gasteiger partial charge on any atom is -0.357 e. The average Bonchev–Trinajstić information content (AvgIpc) is 2.31. The molecule has 2 heterocycles. The second-order valence-corrected chi connectivity index (χ2v) is 4.26.